The van der Waals surface area contributed by atoms with Crippen LogP contribution in [0.2, 0.25) is 0 Å². The van der Waals surface area contributed by atoms with E-state index < -0.39 is 0 Å². The summed E-state index contributed by atoms with van der Waals surface area (Å²) < 4.78 is 0. The van der Waals surface area contributed by atoms with Crippen molar-refractivity contribution in [3.63, 3.8) is 0 Å². The van der Waals surface area contributed by atoms with Gasteiger partial charge in [-0.25, -0.2) is 0 Å². The number of nitrogens with zero attached hydrogens (tertiary/aromatic N) is 2. The summed E-state index contributed by atoms with van der Waals surface area (Å²) in [6, 6.07) is 1.17. The lowest BCUT2D eigenvalue weighted by molar-refractivity contribution is 0.115. The van der Waals surface area contributed by atoms with Crippen LogP contribution in [-0.4, -0.2) is 55.1 Å². The summed E-state index contributed by atoms with van der Waals surface area (Å²) in [5, 5.41) is 0. The molecule has 3 heteroatoms. The van der Waals surface area contributed by atoms with Crippen molar-refractivity contribution in [1.29, 1.82) is 0 Å². The minimum Gasteiger partial charge on any atom is -0.327 e. The maximum absolute atomic E-state index is 6.47. The Bertz CT molecular complexity index is 294. The van der Waals surface area contributed by atoms with Crippen LogP contribution in [0.15, 0.2) is 0 Å². The predicted molar refractivity (Wildman–Crippen MR) is 91.5 cm³/mol. The monoisotopic (exact) mass is 295 g/mol. The fourth-order valence-electron chi connectivity index (χ4n) is 4.49. The van der Waals surface area contributed by atoms with E-state index in [1.54, 1.807) is 0 Å². The first kappa shape index (κ1) is 17.2. The Morgan fingerprint density at radius 2 is 1.95 bits per heavy atom. The molecular weight excluding hydrogens is 258 g/mol. The highest BCUT2D eigenvalue weighted by Crippen LogP contribution is 2.32. The van der Waals surface area contributed by atoms with E-state index in [1.165, 1.54) is 71.1 Å². The summed E-state index contributed by atoms with van der Waals surface area (Å²) in [6.45, 7) is 9.66. The van der Waals surface area contributed by atoms with Gasteiger partial charge in [0.05, 0.1) is 0 Å². The SMILES string of the molecule is CCCC1CCC(N)C(CN2CCCN(C)CC2CC)C1. The molecule has 21 heavy (non-hydrogen) atoms. The lowest BCUT2D eigenvalue weighted by Gasteiger charge is -2.39. The van der Waals surface area contributed by atoms with Crippen molar-refractivity contribution in [3.05, 3.63) is 0 Å². The van der Waals surface area contributed by atoms with E-state index in [9.17, 15) is 0 Å². The van der Waals surface area contributed by atoms with Crippen LogP contribution in [0, 0.1) is 11.8 Å². The first-order valence-corrected chi connectivity index (χ1v) is 9.32. The average Bonchev–Trinajstić information content (AvgIpc) is 2.64. The van der Waals surface area contributed by atoms with Crippen LogP contribution in [0.3, 0.4) is 0 Å². The maximum Gasteiger partial charge on any atom is 0.0220 e. The van der Waals surface area contributed by atoms with Gasteiger partial charge in [-0.05, 0) is 64.1 Å². The number of likely N-dealkylation sites (N-methyl/N-ethyl adjacent to an activating group) is 1. The average molecular weight is 296 g/mol. The fraction of sp³-hybridized carbons (Fsp3) is 1.00. The highest BCUT2D eigenvalue weighted by atomic mass is 15.2. The second-order valence-electron chi connectivity index (χ2n) is 7.56. The van der Waals surface area contributed by atoms with E-state index >= 15 is 0 Å². The van der Waals surface area contributed by atoms with E-state index in [0.717, 1.165) is 17.9 Å². The Kier molecular flexibility index (Phi) is 6.97. The minimum absolute atomic E-state index is 0.441. The Hall–Kier alpha value is -0.120. The molecule has 4 atom stereocenters. The minimum atomic E-state index is 0.441. The second kappa shape index (κ2) is 8.50. The first-order valence-electron chi connectivity index (χ1n) is 9.32. The molecule has 0 spiro atoms. The molecule has 1 aliphatic carbocycles. The van der Waals surface area contributed by atoms with Gasteiger partial charge in [0.15, 0.2) is 0 Å². The zero-order valence-corrected chi connectivity index (χ0v) is 14.6. The van der Waals surface area contributed by atoms with Crippen molar-refractivity contribution >= 4 is 0 Å². The van der Waals surface area contributed by atoms with Gasteiger partial charge < -0.3 is 10.6 Å². The molecule has 0 radical (unpaired) electrons. The smallest absolute Gasteiger partial charge is 0.0220 e. The fourth-order valence-corrected chi connectivity index (χ4v) is 4.49. The Morgan fingerprint density at radius 1 is 1.14 bits per heavy atom. The maximum atomic E-state index is 6.47. The van der Waals surface area contributed by atoms with E-state index in [4.69, 9.17) is 5.73 Å². The highest BCUT2D eigenvalue weighted by molar-refractivity contribution is 4.87. The number of rotatable bonds is 5. The van der Waals surface area contributed by atoms with Crippen molar-refractivity contribution in [2.24, 2.45) is 17.6 Å². The molecule has 124 valence electrons. The summed E-state index contributed by atoms with van der Waals surface area (Å²) in [5.41, 5.74) is 6.47. The van der Waals surface area contributed by atoms with Crippen molar-refractivity contribution in [1.82, 2.24) is 9.80 Å². The number of nitrogens with two attached hydrogens (primary N) is 1. The van der Waals surface area contributed by atoms with Gasteiger partial charge in [0.25, 0.3) is 0 Å². The van der Waals surface area contributed by atoms with Crippen molar-refractivity contribution < 1.29 is 0 Å². The molecule has 1 aliphatic heterocycles. The standard InChI is InChI=1S/C18H37N3/c1-4-7-15-8-9-18(19)16(12-15)13-21-11-6-10-20(3)14-17(21)5-2/h15-18H,4-14,19H2,1-3H3. The van der Waals surface area contributed by atoms with Crippen molar-refractivity contribution in [3.8, 4) is 0 Å². The van der Waals surface area contributed by atoms with E-state index in [0.29, 0.717) is 6.04 Å². The summed E-state index contributed by atoms with van der Waals surface area (Å²) in [7, 11) is 2.27. The van der Waals surface area contributed by atoms with Crippen LogP contribution in [0.1, 0.15) is 58.8 Å². The van der Waals surface area contributed by atoms with E-state index in [2.05, 4.69) is 30.7 Å². The second-order valence-corrected chi connectivity index (χ2v) is 7.56. The molecule has 4 unspecified atom stereocenters. The van der Waals surface area contributed by atoms with Gasteiger partial charge in [0.2, 0.25) is 0 Å². The van der Waals surface area contributed by atoms with E-state index in [-0.39, 0.29) is 0 Å². The van der Waals surface area contributed by atoms with Crippen LogP contribution in [0.4, 0.5) is 0 Å². The lowest BCUT2D eigenvalue weighted by atomic mass is 9.76. The summed E-state index contributed by atoms with van der Waals surface area (Å²) >= 11 is 0. The largest absolute Gasteiger partial charge is 0.327 e. The van der Waals surface area contributed by atoms with Gasteiger partial charge in [0.1, 0.15) is 0 Å². The van der Waals surface area contributed by atoms with Crippen LogP contribution in [0.5, 0.6) is 0 Å². The molecule has 0 aromatic rings. The molecule has 0 aromatic carbocycles. The molecule has 2 rings (SSSR count). The number of hydrogen-bond acceptors (Lipinski definition) is 3. The van der Waals surface area contributed by atoms with Crippen LogP contribution < -0.4 is 5.73 Å². The molecule has 1 heterocycles. The molecule has 1 saturated carbocycles. The quantitative estimate of drug-likeness (QED) is 0.846. The van der Waals surface area contributed by atoms with E-state index in [1.807, 2.05) is 0 Å². The summed E-state index contributed by atoms with van der Waals surface area (Å²) in [6.07, 6.45) is 9.31. The zero-order valence-electron chi connectivity index (χ0n) is 14.6. The molecule has 0 amide bonds. The molecule has 0 aromatic heterocycles. The third-order valence-electron chi connectivity index (χ3n) is 5.81. The van der Waals surface area contributed by atoms with Gasteiger partial charge >= 0.3 is 0 Å². The third-order valence-corrected chi connectivity index (χ3v) is 5.81. The molecule has 2 N–H and O–H groups in total. The molecular formula is C18H37N3. The summed E-state index contributed by atoms with van der Waals surface area (Å²) in [5.74, 6) is 1.67. The molecule has 2 fully saturated rings. The van der Waals surface area contributed by atoms with Crippen LogP contribution in [0.25, 0.3) is 0 Å². The van der Waals surface area contributed by atoms with Gasteiger partial charge in [0, 0.05) is 25.2 Å². The Morgan fingerprint density at radius 3 is 2.67 bits per heavy atom. The molecule has 0 bridgehead atoms. The van der Waals surface area contributed by atoms with Gasteiger partial charge in [-0.1, -0.05) is 26.7 Å². The summed E-state index contributed by atoms with van der Waals surface area (Å²) in [4.78, 5) is 5.28. The zero-order chi connectivity index (χ0) is 15.2. The van der Waals surface area contributed by atoms with Crippen LogP contribution >= 0.6 is 0 Å². The third kappa shape index (κ3) is 4.94. The Labute approximate surface area is 132 Å². The first-order chi connectivity index (χ1) is 10.1. The van der Waals surface area contributed by atoms with Gasteiger partial charge in [-0.3, -0.25) is 4.90 Å². The normalized spacial score (nSPS) is 36.6. The molecule has 2 aliphatic rings. The van der Waals surface area contributed by atoms with Gasteiger partial charge in [-0.15, -0.1) is 0 Å². The van der Waals surface area contributed by atoms with Gasteiger partial charge in [-0.2, -0.15) is 0 Å². The number of hydrogen-bond donors (Lipinski definition) is 1. The Balaban J connectivity index is 1.93. The van der Waals surface area contributed by atoms with Crippen molar-refractivity contribution in [2.75, 3.05) is 33.2 Å². The van der Waals surface area contributed by atoms with Crippen LogP contribution in [-0.2, 0) is 0 Å². The molecule has 3 nitrogen and oxygen atoms in total. The lowest BCUT2D eigenvalue weighted by Crippen LogP contribution is -2.47. The highest BCUT2D eigenvalue weighted by Gasteiger charge is 2.31. The van der Waals surface area contributed by atoms with Crippen molar-refractivity contribution in [2.45, 2.75) is 70.9 Å². The molecule has 1 saturated heterocycles. The predicted octanol–water partition coefficient (Wildman–Crippen LogP) is 2.95. The topological polar surface area (TPSA) is 32.5 Å².